The summed E-state index contributed by atoms with van der Waals surface area (Å²) in [6.07, 6.45) is 0.510. The molecule has 0 radical (unpaired) electrons. The van der Waals surface area contributed by atoms with Crippen LogP contribution in [-0.2, 0) is 6.54 Å². The molecule has 0 bridgehead atoms. The highest BCUT2D eigenvalue weighted by atomic mass is 16.6. The second kappa shape index (κ2) is 6.19. The Labute approximate surface area is 118 Å². The van der Waals surface area contributed by atoms with Crippen molar-refractivity contribution in [3.63, 3.8) is 0 Å². The number of methoxy groups -OCH3 is 1. The van der Waals surface area contributed by atoms with E-state index in [1.165, 1.54) is 7.11 Å². The largest absolute Gasteiger partial charge is 0.490 e. The Morgan fingerprint density at radius 1 is 1.55 bits per heavy atom. The number of benzene rings is 1. The first-order valence-electron chi connectivity index (χ1n) is 6.73. The number of hydrogen-bond acceptors (Lipinski definition) is 5. The van der Waals surface area contributed by atoms with Gasteiger partial charge in [-0.15, -0.1) is 0 Å². The molecule has 20 heavy (non-hydrogen) atoms. The lowest BCUT2D eigenvalue weighted by atomic mass is 9.96. The third kappa shape index (κ3) is 3.26. The Morgan fingerprint density at radius 2 is 2.30 bits per heavy atom. The van der Waals surface area contributed by atoms with E-state index in [9.17, 15) is 15.2 Å². The van der Waals surface area contributed by atoms with Gasteiger partial charge < -0.3 is 9.84 Å². The van der Waals surface area contributed by atoms with Gasteiger partial charge in [0.2, 0.25) is 0 Å². The number of aliphatic hydroxyl groups is 1. The number of rotatable bonds is 4. The molecule has 1 fully saturated rings. The van der Waals surface area contributed by atoms with Gasteiger partial charge in [-0.2, -0.15) is 0 Å². The summed E-state index contributed by atoms with van der Waals surface area (Å²) in [6, 6.07) is 5.05. The van der Waals surface area contributed by atoms with Gasteiger partial charge in [-0.1, -0.05) is 13.0 Å². The molecule has 2 atom stereocenters. The molecule has 0 spiro atoms. The van der Waals surface area contributed by atoms with E-state index in [0.29, 0.717) is 6.54 Å². The molecule has 0 saturated carbocycles. The summed E-state index contributed by atoms with van der Waals surface area (Å²) in [4.78, 5) is 12.8. The lowest BCUT2D eigenvalue weighted by Gasteiger charge is -2.34. The second-order valence-electron chi connectivity index (χ2n) is 5.33. The molecule has 1 aliphatic heterocycles. The van der Waals surface area contributed by atoms with Crippen LogP contribution < -0.4 is 4.74 Å². The number of piperidine rings is 1. The van der Waals surface area contributed by atoms with Gasteiger partial charge in [0.25, 0.3) is 0 Å². The topological polar surface area (TPSA) is 75.8 Å². The third-order valence-corrected chi connectivity index (χ3v) is 3.79. The molecular formula is C14H20N2O4. The van der Waals surface area contributed by atoms with Crippen LogP contribution in [0.1, 0.15) is 18.9 Å². The van der Waals surface area contributed by atoms with Crippen molar-refractivity contribution >= 4 is 5.69 Å². The highest BCUT2D eigenvalue weighted by Crippen LogP contribution is 2.28. The Balaban J connectivity index is 2.10. The summed E-state index contributed by atoms with van der Waals surface area (Å²) >= 11 is 0. The monoisotopic (exact) mass is 280 g/mol. The van der Waals surface area contributed by atoms with E-state index in [0.717, 1.165) is 25.1 Å². The normalized spacial score (nSPS) is 23.6. The number of likely N-dealkylation sites (tertiary alicyclic amines) is 1. The molecule has 0 aromatic heterocycles. The average molecular weight is 280 g/mol. The van der Waals surface area contributed by atoms with E-state index in [1.807, 2.05) is 13.0 Å². The van der Waals surface area contributed by atoms with Gasteiger partial charge in [0, 0.05) is 25.7 Å². The minimum Gasteiger partial charge on any atom is -0.490 e. The number of hydrogen-bond donors (Lipinski definition) is 1. The standard InChI is InChI=1S/C14H20N2O4/c1-10-8-15(6-5-13(10)17)9-11-3-4-14(20-2)12(7-11)16(18)19/h3-4,7,10,13,17H,5-6,8-9H2,1-2H3. The molecule has 1 aromatic rings. The van der Waals surface area contributed by atoms with Crippen molar-refractivity contribution in [2.24, 2.45) is 5.92 Å². The van der Waals surface area contributed by atoms with Crippen molar-refractivity contribution in [2.75, 3.05) is 20.2 Å². The van der Waals surface area contributed by atoms with E-state index in [1.54, 1.807) is 12.1 Å². The van der Waals surface area contributed by atoms with Gasteiger partial charge in [-0.3, -0.25) is 15.0 Å². The number of ether oxygens (including phenoxy) is 1. The first-order chi connectivity index (χ1) is 9.51. The molecule has 0 aliphatic carbocycles. The van der Waals surface area contributed by atoms with Crippen molar-refractivity contribution in [1.82, 2.24) is 4.90 Å². The molecule has 6 heteroatoms. The fourth-order valence-corrected chi connectivity index (χ4v) is 2.60. The number of nitro groups is 1. The predicted molar refractivity (Wildman–Crippen MR) is 74.7 cm³/mol. The molecule has 1 N–H and O–H groups in total. The zero-order chi connectivity index (χ0) is 14.7. The summed E-state index contributed by atoms with van der Waals surface area (Å²) < 4.78 is 4.99. The van der Waals surface area contributed by atoms with Crippen LogP contribution in [0, 0.1) is 16.0 Å². The van der Waals surface area contributed by atoms with Crippen LogP contribution in [-0.4, -0.2) is 41.2 Å². The highest BCUT2D eigenvalue weighted by Gasteiger charge is 2.24. The number of nitro benzene ring substituents is 1. The van der Waals surface area contributed by atoms with E-state index in [-0.39, 0.29) is 23.5 Å². The Hall–Kier alpha value is -1.66. The van der Waals surface area contributed by atoms with Crippen molar-refractivity contribution in [3.8, 4) is 5.75 Å². The van der Waals surface area contributed by atoms with Gasteiger partial charge in [0.1, 0.15) is 0 Å². The molecule has 1 aromatic carbocycles. The molecule has 0 amide bonds. The highest BCUT2D eigenvalue weighted by molar-refractivity contribution is 5.48. The molecule has 6 nitrogen and oxygen atoms in total. The minimum atomic E-state index is -0.426. The first-order valence-corrected chi connectivity index (χ1v) is 6.73. The van der Waals surface area contributed by atoms with E-state index in [4.69, 9.17) is 4.74 Å². The summed E-state index contributed by atoms with van der Waals surface area (Å²) in [5, 5.41) is 20.7. The molecular weight excluding hydrogens is 260 g/mol. The zero-order valence-electron chi connectivity index (χ0n) is 11.8. The Kier molecular flexibility index (Phi) is 4.57. The quantitative estimate of drug-likeness (QED) is 0.672. The maximum absolute atomic E-state index is 11.0. The molecule has 110 valence electrons. The molecule has 1 saturated heterocycles. The Morgan fingerprint density at radius 3 is 2.90 bits per heavy atom. The fraction of sp³-hybridized carbons (Fsp3) is 0.571. The maximum Gasteiger partial charge on any atom is 0.311 e. The van der Waals surface area contributed by atoms with E-state index < -0.39 is 4.92 Å². The van der Waals surface area contributed by atoms with Gasteiger partial charge in [-0.05, 0) is 24.0 Å². The summed E-state index contributed by atoms with van der Waals surface area (Å²) in [5.41, 5.74) is 0.885. The second-order valence-corrected chi connectivity index (χ2v) is 5.33. The van der Waals surface area contributed by atoms with Crippen molar-refractivity contribution in [2.45, 2.75) is 26.0 Å². The van der Waals surface area contributed by atoms with Gasteiger partial charge in [-0.25, -0.2) is 0 Å². The van der Waals surface area contributed by atoms with Crippen LogP contribution in [0.5, 0.6) is 5.75 Å². The summed E-state index contributed by atoms with van der Waals surface area (Å²) in [6.45, 7) is 4.29. The lowest BCUT2D eigenvalue weighted by Crippen LogP contribution is -2.41. The maximum atomic E-state index is 11.0. The average Bonchev–Trinajstić information content (AvgIpc) is 2.43. The predicted octanol–water partition coefficient (Wildman–Crippen LogP) is 1.81. The van der Waals surface area contributed by atoms with Crippen LogP contribution >= 0.6 is 0 Å². The summed E-state index contributed by atoms with van der Waals surface area (Å²) in [5.74, 6) is 0.512. The SMILES string of the molecule is COc1ccc(CN2CCC(O)C(C)C2)cc1[N+](=O)[O-]. The smallest absolute Gasteiger partial charge is 0.311 e. The fourth-order valence-electron chi connectivity index (χ4n) is 2.60. The number of nitrogens with zero attached hydrogens (tertiary/aromatic N) is 2. The van der Waals surface area contributed by atoms with Gasteiger partial charge >= 0.3 is 5.69 Å². The molecule has 2 rings (SSSR count). The van der Waals surface area contributed by atoms with Crippen molar-refractivity contribution in [3.05, 3.63) is 33.9 Å². The molecule has 2 unspecified atom stereocenters. The third-order valence-electron chi connectivity index (χ3n) is 3.79. The van der Waals surface area contributed by atoms with Crippen molar-refractivity contribution < 1.29 is 14.8 Å². The first kappa shape index (κ1) is 14.7. The van der Waals surface area contributed by atoms with Crippen LogP contribution in [0.2, 0.25) is 0 Å². The van der Waals surface area contributed by atoms with Crippen LogP contribution in [0.15, 0.2) is 18.2 Å². The van der Waals surface area contributed by atoms with E-state index >= 15 is 0 Å². The number of aliphatic hydroxyl groups excluding tert-OH is 1. The van der Waals surface area contributed by atoms with Gasteiger partial charge in [0.15, 0.2) is 5.75 Å². The Bertz CT molecular complexity index is 492. The minimum absolute atomic E-state index is 0.00454. The summed E-state index contributed by atoms with van der Waals surface area (Å²) in [7, 11) is 1.43. The van der Waals surface area contributed by atoms with E-state index in [2.05, 4.69) is 4.90 Å². The zero-order valence-corrected chi connectivity index (χ0v) is 11.8. The van der Waals surface area contributed by atoms with Gasteiger partial charge in [0.05, 0.1) is 18.1 Å². The van der Waals surface area contributed by atoms with Crippen LogP contribution in [0.4, 0.5) is 5.69 Å². The molecule has 1 aliphatic rings. The van der Waals surface area contributed by atoms with Crippen LogP contribution in [0.25, 0.3) is 0 Å². The molecule has 1 heterocycles. The van der Waals surface area contributed by atoms with Crippen LogP contribution in [0.3, 0.4) is 0 Å². The lowest BCUT2D eigenvalue weighted by molar-refractivity contribution is -0.385. The van der Waals surface area contributed by atoms with Crippen molar-refractivity contribution in [1.29, 1.82) is 0 Å².